The van der Waals surface area contributed by atoms with E-state index < -0.39 is 11.6 Å². The lowest BCUT2D eigenvalue weighted by molar-refractivity contribution is 0.376. The van der Waals surface area contributed by atoms with E-state index in [0.717, 1.165) is 48.8 Å². The predicted molar refractivity (Wildman–Crippen MR) is 111 cm³/mol. The monoisotopic (exact) mass is 392 g/mol. The quantitative estimate of drug-likeness (QED) is 0.406. The van der Waals surface area contributed by atoms with Crippen LogP contribution in [-0.2, 0) is 6.42 Å². The number of hydrogen-bond acceptors (Lipinski definition) is 0. The first-order valence-electron chi connectivity index (χ1n) is 10.2. The van der Waals surface area contributed by atoms with Gasteiger partial charge in [0.05, 0.1) is 0 Å². The maximum atomic E-state index is 14.4. The summed E-state index contributed by atoms with van der Waals surface area (Å²) in [5.74, 6) is 5.28. The molecule has 3 heteroatoms. The highest BCUT2D eigenvalue weighted by Gasteiger charge is 2.23. The van der Waals surface area contributed by atoms with Crippen LogP contribution in [0.3, 0.4) is 0 Å². The molecule has 1 saturated carbocycles. The zero-order valence-electron chi connectivity index (χ0n) is 16.4. The summed E-state index contributed by atoms with van der Waals surface area (Å²) >= 11 is 0. The fraction of sp³-hybridized carbons (Fsp3) is 0.308. The Balaban J connectivity index is 1.43. The first-order valence-corrected chi connectivity index (χ1v) is 10.2. The van der Waals surface area contributed by atoms with Crippen LogP contribution < -0.4 is 0 Å². The summed E-state index contributed by atoms with van der Waals surface area (Å²) in [6.45, 7) is 2.03. The van der Waals surface area contributed by atoms with E-state index >= 15 is 0 Å². The first kappa shape index (κ1) is 19.6. The number of fused-ring (bicyclic) bond motifs is 1. The second-order valence-corrected chi connectivity index (χ2v) is 7.86. The Kier molecular flexibility index (Phi) is 5.62. The van der Waals surface area contributed by atoms with Gasteiger partial charge in [0.1, 0.15) is 5.82 Å². The topological polar surface area (TPSA) is 0 Å². The lowest BCUT2D eigenvalue weighted by atomic mass is 9.78. The Bertz CT molecular complexity index is 1100. The number of halogens is 3. The number of benzene rings is 3. The fourth-order valence-corrected chi connectivity index (χ4v) is 4.18. The summed E-state index contributed by atoms with van der Waals surface area (Å²) in [6.07, 6.45) is 4.60. The third-order valence-electron chi connectivity index (χ3n) is 5.94. The molecule has 1 fully saturated rings. The molecule has 0 heterocycles. The van der Waals surface area contributed by atoms with Gasteiger partial charge in [-0.25, -0.2) is 13.2 Å². The van der Waals surface area contributed by atoms with Crippen LogP contribution in [0.15, 0.2) is 48.5 Å². The zero-order chi connectivity index (χ0) is 20.4. The molecule has 0 unspecified atom stereocenters. The van der Waals surface area contributed by atoms with E-state index in [1.807, 2.05) is 25.1 Å². The predicted octanol–water partition coefficient (Wildman–Crippen LogP) is 7.15. The van der Waals surface area contributed by atoms with Crippen LogP contribution in [0.2, 0.25) is 0 Å². The maximum absolute atomic E-state index is 14.4. The molecule has 4 rings (SSSR count). The summed E-state index contributed by atoms with van der Waals surface area (Å²) < 4.78 is 41.2. The van der Waals surface area contributed by atoms with E-state index in [1.54, 1.807) is 18.2 Å². The van der Waals surface area contributed by atoms with Gasteiger partial charge in [0.25, 0.3) is 0 Å². The van der Waals surface area contributed by atoms with Crippen molar-refractivity contribution in [2.75, 3.05) is 0 Å². The van der Waals surface area contributed by atoms with E-state index in [2.05, 4.69) is 11.8 Å². The summed E-state index contributed by atoms with van der Waals surface area (Å²) in [7, 11) is 0. The lowest BCUT2D eigenvalue weighted by Crippen LogP contribution is -2.13. The second kappa shape index (κ2) is 8.33. The molecule has 148 valence electrons. The van der Waals surface area contributed by atoms with Gasteiger partial charge in [0.15, 0.2) is 11.6 Å². The summed E-state index contributed by atoms with van der Waals surface area (Å²) in [4.78, 5) is 0. The zero-order valence-corrected chi connectivity index (χ0v) is 16.4. The van der Waals surface area contributed by atoms with Crippen LogP contribution in [0.5, 0.6) is 0 Å². The SMILES string of the molecule is CCc1ccc(C2CCC(C#Cc3ccc4cc(F)c(F)cc4c3)CC2)c(F)c1. The highest BCUT2D eigenvalue weighted by atomic mass is 19.2. The molecule has 0 saturated heterocycles. The minimum Gasteiger partial charge on any atom is -0.207 e. The van der Waals surface area contributed by atoms with Gasteiger partial charge in [0, 0.05) is 11.5 Å². The molecule has 0 nitrogen and oxygen atoms in total. The second-order valence-electron chi connectivity index (χ2n) is 7.86. The van der Waals surface area contributed by atoms with Gasteiger partial charge in [-0.2, -0.15) is 0 Å². The summed E-state index contributed by atoms with van der Waals surface area (Å²) in [5.41, 5.74) is 2.66. The molecule has 3 aromatic carbocycles. The van der Waals surface area contributed by atoms with Crippen LogP contribution in [0.25, 0.3) is 10.8 Å². The summed E-state index contributed by atoms with van der Waals surface area (Å²) in [5, 5.41) is 1.30. The molecular formula is C26H23F3. The average molecular weight is 392 g/mol. The highest BCUT2D eigenvalue weighted by Crippen LogP contribution is 2.37. The Morgan fingerprint density at radius 2 is 1.52 bits per heavy atom. The minimum absolute atomic E-state index is 0.0845. The van der Waals surface area contributed by atoms with Crippen LogP contribution in [-0.4, -0.2) is 0 Å². The Labute approximate surface area is 169 Å². The molecule has 0 atom stereocenters. The third kappa shape index (κ3) is 4.32. The highest BCUT2D eigenvalue weighted by molar-refractivity contribution is 5.84. The molecule has 3 aromatic rings. The normalized spacial score (nSPS) is 19.0. The van der Waals surface area contributed by atoms with E-state index in [9.17, 15) is 13.2 Å². The van der Waals surface area contributed by atoms with Crippen LogP contribution >= 0.6 is 0 Å². The molecule has 0 N–H and O–H groups in total. The smallest absolute Gasteiger partial charge is 0.159 e. The van der Waals surface area contributed by atoms with Crippen molar-refractivity contribution in [3.8, 4) is 11.8 Å². The Hall–Kier alpha value is -2.73. The van der Waals surface area contributed by atoms with Crippen molar-refractivity contribution in [1.29, 1.82) is 0 Å². The van der Waals surface area contributed by atoms with Crippen LogP contribution in [0, 0.1) is 35.2 Å². The van der Waals surface area contributed by atoms with Crippen molar-refractivity contribution in [3.05, 3.63) is 82.7 Å². The van der Waals surface area contributed by atoms with Crippen molar-refractivity contribution in [3.63, 3.8) is 0 Å². The molecule has 1 aliphatic carbocycles. The van der Waals surface area contributed by atoms with Crippen molar-refractivity contribution in [2.24, 2.45) is 5.92 Å². The minimum atomic E-state index is -0.847. The maximum Gasteiger partial charge on any atom is 0.159 e. The van der Waals surface area contributed by atoms with Gasteiger partial charge in [-0.1, -0.05) is 37.0 Å². The molecule has 1 aliphatic rings. The van der Waals surface area contributed by atoms with E-state index in [4.69, 9.17) is 0 Å². The number of hydrogen-bond donors (Lipinski definition) is 0. The Morgan fingerprint density at radius 1 is 0.793 bits per heavy atom. The summed E-state index contributed by atoms with van der Waals surface area (Å²) in [6, 6.07) is 13.4. The molecule has 29 heavy (non-hydrogen) atoms. The molecule has 0 radical (unpaired) electrons. The van der Waals surface area contributed by atoms with Gasteiger partial charge < -0.3 is 0 Å². The fourth-order valence-electron chi connectivity index (χ4n) is 4.18. The van der Waals surface area contributed by atoms with Crippen molar-refractivity contribution in [1.82, 2.24) is 0 Å². The molecule has 0 amide bonds. The Morgan fingerprint density at radius 3 is 2.21 bits per heavy atom. The number of rotatable bonds is 2. The first-order chi connectivity index (χ1) is 14.0. The average Bonchev–Trinajstić information content (AvgIpc) is 2.73. The van der Waals surface area contributed by atoms with E-state index in [1.165, 1.54) is 12.1 Å². The third-order valence-corrected chi connectivity index (χ3v) is 5.94. The largest absolute Gasteiger partial charge is 0.207 e. The molecule has 0 aliphatic heterocycles. The van der Waals surface area contributed by atoms with Gasteiger partial charge in [-0.05, 0) is 90.3 Å². The van der Waals surface area contributed by atoms with Gasteiger partial charge in [0.2, 0.25) is 0 Å². The van der Waals surface area contributed by atoms with Crippen LogP contribution in [0.1, 0.15) is 55.2 Å². The van der Waals surface area contributed by atoms with Crippen molar-refractivity contribution < 1.29 is 13.2 Å². The molecule has 0 spiro atoms. The standard InChI is InChI=1S/C26H23F3/c1-2-17-8-12-23(24(27)14-17)20-9-5-18(6-10-20)3-4-19-7-11-21-15-25(28)26(29)16-22(21)13-19/h7-8,11-16,18,20H,2,5-6,9-10H2,1H3. The van der Waals surface area contributed by atoms with Crippen LogP contribution in [0.4, 0.5) is 13.2 Å². The van der Waals surface area contributed by atoms with E-state index in [-0.39, 0.29) is 17.7 Å². The lowest BCUT2D eigenvalue weighted by Gasteiger charge is -2.26. The number of aryl methyl sites for hydroxylation is 1. The van der Waals surface area contributed by atoms with E-state index in [0.29, 0.717) is 10.8 Å². The van der Waals surface area contributed by atoms with Gasteiger partial charge >= 0.3 is 0 Å². The van der Waals surface area contributed by atoms with Crippen molar-refractivity contribution >= 4 is 10.8 Å². The molecule has 0 bridgehead atoms. The molecule has 0 aromatic heterocycles. The van der Waals surface area contributed by atoms with Crippen molar-refractivity contribution in [2.45, 2.75) is 44.9 Å². The molecular weight excluding hydrogens is 369 g/mol. The van der Waals surface area contributed by atoms with Gasteiger partial charge in [-0.3, -0.25) is 0 Å². The van der Waals surface area contributed by atoms with Gasteiger partial charge in [-0.15, -0.1) is 0 Å².